The van der Waals surface area contributed by atoms with Gasteiger partial charge in [-0.2, -0.15) is 0 Å². The van der Waals surface area contributed by atoms with E-state index in [-0.39, 0.29) is 12.0 Å². The molecule has 0 bridgehead atoms. The smallest absolute Gasteiger partial charge is 0.270 e. The molecule has 1 N–H and O–H groups in total. The highest BCUT2D eigenvalue weighted by Gasteiger charge is 2.21. The minimum absolute atomic E-state index is 0.128. The van der Waals surface area contributed by atoms with Gasteiger partial charge < -0.3 is 19.9 Å². The van der Waals surface area contributed by atoms with Gasteiger partial charge in [-0.15, -0.1) is 0 Å². The molecular weight excluding hydrogens is 364 g/mol. The Kier molecular flexibility index (Phi) is 6.00. The maximum Gasteiger partial charge on any atom is 0.270 e. The van der Waals surface area contributed by atoms with Crippen LogP contribution in [0.2, 0.25) is 0 Å². The molecule has 4 rings (SSSR count). The SMILES string of the molecule is Cc1cccc(N2CCN(c3ccnc(C(=O)NCC4CCCO4)c3)CC2)c1C. The number of anilines is 2. The number of benzene rings is 1. The average molecular weight is 395 g/mol. The molecule has 0 radical (unpaired) electrons. The summed E-state index contributed by atoms with van der Waals surface area (Å²) in [7, 11) is 0. The monoisotopic (exact) mass is 394 g/mol. The molecular formula is C23H30N4O2. The number of rotatable bonds is 5. The number of piperazine rings is 1. The van der Waals surface area contributed by atoms with E-state index in [0.717, 1.165) is 51.3 Å². The lowest BCUT2D eigenvalue weighted by atomic mass is 10.1. The Morgan fingerprint density at radius 3 is 2.72 bits per heavy atom. The first-order valence-electron chi connectivity index (χ1n) is 10.5. The van der Waals surface area contributed by atoms with E-state index < -0.39 is 0 Å². The van der Waals surface area contributed by atoms with E-state index in [1.165, 1.54) is 16.8 Å². The Hall–Kier alpha value is -2.60. The summed E-state index contributed by atoms with van der Waals surface area (Å²) in [5.74, 6) is -0.128. The first-order chi connectivity index (χ1) is 14.1. The lowest BCUT2D eigenvalue weighted by Gasteiger charge is -2.38. The molecule has 1 aromatic carbocycles. The third kappa shape index (κ3) is 4.53. The molecule has 0 spiro atoms. The number of hydrogen-bond acceptors (Lipinski definition) is 5. The van der Waals surface area contributed by atoms with Crippen LogP contribution >= 0.6 is 0 Å². The van der Waals surface area contributed by atoms with Gasteiger partial charge in [-0.25, -0.2) is 0 Å². The van der Waals surface area contributed by atoms with Gasteiger partial charge in [0, 0.05) is 56.9 Å². The highest BCUT2D eigenvalue weighted by atomic mass is 16.5. The molecule has 6 nitrogen and oxygen atoms in total. The first kappa shape index (κ1) is 19.7. The Bertz CT molecular complexity index is 856. The Morgan fingerprint density at radius 1 is 1.17 bits per heavy atom. The number of ether oxygens (including phenoxy) is 1. The van der Waals surface area contributed by atoms with Crippen molar-refractivity contribution >= 4 is 17.3 Å². The Morgan fingerprint density at radius 2 is 1.97 bits per heavy atom. The molecule has 2 aromatic rings. The number of amides is 1. The lowest BCUT2D eigenvalue weighted by molar-refractivity contribution is 0.0853. The summed E-state index contributed by atoms with van der Waals surface area (Å²) < 4.78 is 5.57. The van der Waals surface area contributed by atoms with Gasteiger partial charge in [-0.3, -0.25) is 9.78 Å². The van der Waals surface area contributed by atoms with Crippen LogP contribution in [0.4, 0.5) is 11.4 Å². The number of aromatic nitrogens is 1. The van der Waals surface area contributed by atoms with E-state index in [2.05, 4.69) is 52.1 Å². The van der Waals surface area contributed by atoms with Crippen molar-refractivity contribution in [2.45, 2.75) is 32.8 Å². The summed E-state index contributed by atoms with van der Waals surface area (Å²) in [6.07, 6.45) is 3.95. The predicted octanol–water partition coefficient (Wildman–Crippen LogP) is 2.93. The molecule has 1 aromatic heterocycles. The Labute approximate surface area is 172 Å². The van der Waals surface area contributed by atoms with Crippen LogP contribution in [0, 0.1) is 13.8 Å². The molecule has 2 fully saturated rings. The van der Waals surface area contributed by atoms with E-state index in [1.807, 2.05) is 12.1 Å². The summed E-state index contributed by atoms with van der Waals surface area (Å²) >= 11 is 0. The molecule has 2 saturated heterocycles. The zero-order valence-corrected chi connectivity index (χ0v) is 17.4. The van der Waals surface area contributed by atoms with Crippen LogP contribution in [0.1, 0.15) is 34.5 Å². The van der Waals surface area contributed by atoms with Crippen molar-refractivity contribution in [1.29, 1.82) is 0 Å². The normalized spacial score (nSPS) is 19.4. The molecule has 2 aliphatic heterocycles. The third-order valence-electron chi connectivity index (χ3n) is 6.05. The van der Waals surface area contributed by atoms with Gasteiger partial charge in [-0.05, 0) is 56.0 Å². The third-order valence-corrected chi connectivity index (χ3v) is 6.05. The van der Waals surface area contributed by atoms with Crippen molar-refractivity contribution in [3.63, 3.8) is 0 Å². The number of nitrogens with zero attached hydrogens (tertiary/aromatic N) is 3. The van der Waals surface area contributed by atoms with Crippen LogP contribution < -0.4 is 15.1 Å². The lowest BCUT2D eigenvalue weighted by Crippen LogP contribution is -2.46. The van der Waals surface area contributed by atoms with Crippen LogP contribution in [0.25, 0.3) is 0 Å². The van der Waals surface area contributed by atoms with E-state index in [0.29, 0.717) is 12.2 Å². The van der Waals surface area contributed by atoms with Crippen LogP contribution in [-0.2, 0) is 4.74 Å². The molecule has 3 heterocycles. The molecule has 0 aliphatic carbocycles. The van der Waals surface area contributed by atoms with Gasteiger partial charge in [-0.1, -0.05) is 12.1 Å². The van der Waals surface area contributed by atoms with Crippen molar-refractivity contribution in [1.82, 2.24) is 10.3 Å². The first-order valence-corrected chi connectivity index (χ1v) is 10.5. The average Bonchev–Trinajstić information content (AvgIpc) is 3.28. The van der Waals surface area contributed by atoms with Crippen LogP contribution in [0.15, 0.2) is 36.5 Å². The Balaban J connectivity index is 1.36. The zero-order chi connectivity index (χ0) is 20.2. The largest absolute Gasteiger partial charge is 0.376 e. The fourth-order valence-corrected chi connectivity index (χ4v) is 4.13. The molecule has 1 amide bonds. The second-order valence-corrected chi connectivity index (χ2v) is 7.94. The number of nitrogens with one attached hydrogen (secondary N) is 1. The molecule has 1 atom stereocenters. The molecule has 29 heavy (non-hydrogen) atoms. The fraction of sp³-hybridized carbons (Fsp3) is 0.478. The predicted molar refractivity (Wildman–Crippen MR) is 116 cm³/mol. The van der Waals surface area contributed by atoms with Crippen LogP contribution in [-0.4, -0.2) is 56.3 Å². The second-order valence-electron chi connectivity index (χ2n) is 7.94. The van der Waals surface area contributed by atoms with Crippen LogP contribution in [0.3, 0.4) is 0 Å². The number of carbonyl (C=O) groups is 1. The van der Waals surface area contributed by atoms with Crippen molar-refractivity contribution in [3.05, 3.63) is 53.3 Å². The number of carbonyl (C=O) groups excluding carboxylic acids is 1. The molecule has 154 valence electrons. The molecule has 1 unspecified atom stereocenters. The topological polar surface area (TPSA) is 57.7 Å². The maximum atomic E-state index is 12.5. The zero-order valence-electron chi connectivity index (χ0n) is 17.4. The molecule has 2 aliphatic rings. The van der Waals surface area contributed by atoms with E-state index in [1.54, 1.807) is 6.20 Å². The maximum absolute atomic E-state index is 12.5. The fourth-order valence-electron chi connectivity index (χ4n) is 4.13. The number of aryl methyl sites for hydroxylation is 1. The molecule has 6 heteroatoms. The van der Waals surface area contributed by atoms with Gasteiger partial charge in [0.2, 0.25) is 0 Å². The summed E-state index contributed by atoms with van der Waals surface area (Å²) in [6.45, 7) is 9.49. The van der Waals surface area contributed by atoms with Crippen molar-refractivity contribution in [2.75, 3.05) is 49.1 Å². The van der Waals surface area contributed by atoms with E-state index >= 15 is 0 Å². The summed E-state index contributed by atoms with van der Waals surface area (Å²) in [6, 6.07) is 10.4. The highest BCUT2D eigenvalue weighted by molar-refractivity contribution is 5.93. The van der Waals surface area contributed by atoms with Gasteiger partial charge in [0.15, 0.2) is 0 Å². The van der Waals surface area contributed by atoms with Crippen LogP contribution in [0.5, 0.6) is 0 Å². The number of pyridine rings is 1. The van der Waals surface area contributed by atoms with E-state index in [9.17, 15) is 4.79 Å². The minimum Gasteiger partial charge on any atom is -0.376 e. The number of hydrogen-bond donors (Lipinski definition) is 1. The summed E-state index contributed by atoms with van der Waals surface area (Å²) in [5, 5.41) is 2.96. The summed E-state index contributed by atoms with van der Waals surface area (Å²) in [5.41, 5.74) is 5.54. The molecule has 0 saturated carbocycles. The highest BCUT2D eigenvalue weighted by Crippen LogP contribution is 2.25. The van der Waals surface area contributed by atoms with Gasteiger partial charge in [0.25, 0.3) is 5.91 Å². The van der Waals surface area contributed by atoms with Gasteiger partial charge >= 0.3 is 0 Å². The second kappa shape index (κ2) is 8.82. The summed E-state index contributed by atoms with van der Waals surface area (Å²) in [4.78, 5) is 21.5. The van der Waals surface area contributed by atoms with Crippen molar-refractivity contribution in [2.24, 2.45) is 0 Å². The van der Waals surface area contributed by atoms with E-state index in [4.69, 9.17) is 4.74 Å². The van der Waals surface area contributed by atoms with Gasteiger partial charge in [0.05, 0.1) is 6.10 Å². The van der Waals surface area contributed by atoms with Crippen molar-refractivity contribution in [3.8, 4) is 0 Å². The van der Waals surface area contributed by atoms with Gasteiger partial charge in [0.1, 0.15) is 5.69 Å². The standard InChI is InChI=1S/C23H30N4O2/c1-17-5-3-7-22(18(17)2)27-12-10-26(11-13-27)19-8-9-24-21(15-19)23(28)25-16-20-6-4-14-29-20/h3,5,7-9,15,20H,4,6,10-14,16H2,1-2H3,(H,25,28). The quantitative estimate of drug-likeness (QED) is 0.845. The van der Waals surface area contributed by atoms with Crippen molar-refractivity contribution < 1.29 is 9.53 Å². The minimum atomic E-state index is -0.128.